The molecule has 0 amide bonds. The van der Waals surface area contributed by atoms with E-state index in [2.05, 4.69) is 4.98 Å². The number of nitrogens with zero attached hydrogens (tertiary/aromatic N) is 1. The standard InChI is InChI=1S/C11H10ClN3/c1-6-8(12)4-2-7-3-5-9(11(13)14)15-10(6)7/h2-5H,1H3,(H3,13,14). The lowest BCUT2D eigenvalue weighted by Crippen LogP contribution is -2.13. The quantitative estimate of drug-likeness (QED) is 0.572. The third-order valence-electron chi connectivity index (χ3n) is 2.33. The van der Waals surface area contributed by atoms with Crippen LogP contribution in [0.25, 0.3) is 10.9 Å². The lowest BCUT2D eigenvalue weighted by atomic mass is 10.1. The minimum Gasteiger partial charge on any atom is -0.382 e. The highest BCUT2D eigenvalue weighted by molar-refractivity contribution is 6.32. The van der Waals surface area contributed by atoms with Gasteiger partial charge in [-0.05, 0) is 24.6 Å². The molecule has 0 atom stereocenters. The number of hydrogen-bond donors (Lipinski definition) is 2. The monoisotopic (exact) mass is 219 g/mol. The maximum atomic E-state index is 7.32. The number of hydrogen-bond acceptors (Lipinski definition) is 2. The van der Waals surface area contributed by atoms with Gasteiger partial charge in [-0.3, -0.25) is 5.41 Å². The number of halogens is 1. The van der Waals surface area contributed by atoms with Crippen molar-refractivity contribution in [2.75, 3.05) is 0 Å². The van der Waals surface area contributed by atoms with Gasteiger partial charge in [0, 0.05) is 10.4 Å². The molecule has 0 aliphatic rings. The number of nitrogen functional groups attached to an aromatic ring is 1. The highest BCUT2D eigenvalue weighted by atomic mass is 35.5. The van der Waals surface area contributed by atoms with Crippen molar-refractivity contribution in [3.63, 3.8) is 0 Å². The van der Waals surface area contributed by atoms with Gasteiger partial charge >= 0.3 is 0 Å². The molecular formula is C11H10ClN3. The van der Waals surface area contributed by atoms with Crippen LogP contribution in [0.5, 0.6) is 0 Å². The van der Waals surface area contributed by atoms with Gasteiger partial charge in [0.25, 0.3) is 0 Å². The van der Waals surface area contributed by atoms with E-state index in [-0.39, 0.29) is 5.84 Å². The highest BCUT2D eigenvalue weighted by Crippen LogP contribution is 2.23. The van der Waals surface area contributed by atoms with E-state index in [1.807, 2.05) is 25.1 Å². The molecule has 0 saturated carbocycles. The highest BCUT2D eigenvalue weighted by Gasteiger charge is 2.05. The zero-order chi connectivity index (χ0) is 11.0. The van der Waals surface area contributed by atoms with Gasteiger partial charge in [-0.15, -0.1) is 0 Å². The molecular weight excluding hydrogens is 210 g/mol. The first kappa shape index (κ1) is 9.93. The van der Waals surface area contributed by atoms with Gasteiger partial charge in [-0.2, -0.15) is 0 Å². The van der Waals surface area contributed by atoms with Gasteiger partial charge in [0.15, 0.2) is 0 Å². The van der Waals surface area contributed by atoms with E-state index in [0.717, 1.165) is 16.5 Å². The Morgan fingerprint density at radius 3 is 2.67 bits per heavy atom. The topological polar surface area (TPSA) is 62.8 Å². The van der Waals surface area contributed by atoms with Crippen LogP contribution in [0, 0.1) is 12.3 Å². The van der Waals surface area contributed by atoms with Crippen LogP contribution in [0.1, 0.15) is 11.3 Å². The maximum absolute atomic E-state index is 7.32. The zero-order valence-electron chi connectivity index (χ0n) is 8.21. The molecule has 0 radical (unpaired) electrons. The van der Waals surface area contributed by atoms with Crippen molar-refractivity contribution in [1.82, 2.24) is 4.98 Å². The molecule has 0 fully saturated rings. The molecule has 1 aromatic heterocycles. The number of nitrogens with one attached hydrogen (secondary N) is 1. The fraction of sp³-hybridized carbons (Fsp3) is 0.0909. The number of rotatable bonds is 1. The fourth-order valence-electron chi connectivity index (χ4n) is 1.46. The van der Waals surface area contributed by atoms with Crippen LogP contribution < -0.4 is 5.73 Å². The summed E-state index contributed by atoms with van der Waals surface area (Å²) in [6.07, 6.45) is 0. The third kappa shape index (κ3) is 1.66. The average molecular weight is 220 g/mol. The molecule has 1 heterocycles. The van der Waals surface area contributed by atoms with Gasteiger partial charge < -0.3 is 5.73 Å². The van der Waals surface area contributed by atoms with Crippen LogP contribution in [0.15, 0.2) is 24.3 Å². The summed E-state index contributed by atoms with van der Waals surface area (Å²) in [6.45, 7) is 1.90. The predicted molar refractivity (Wildman–Crippen MR) is 62.5 cm³/mol. The van der Waals surface area contributed by atoms with Crippen molar-refractivity contribution in [2.45, 2.75) is 6.92 Å². The van der Waals surface area contributed by atoms with Crippen molar-refractivity contribution in [3.05, 3.63) is 40.5 Å². The average Bonchev–Trinajstić information content (AvgIpc) is 2.23. The summed E-state index contributed by atoms with van der Waals surface area (Å²) >= 11 is 5.99. The van der Waals surface area contributed by atoms with Crippen LogP contribution in [0.3, 0.4) is 0 Å². The molecule has 2 aromatic rings. The van der Waals surface area contributed by atoms with Crippen LogP contribution in [0.4, 0.5) is 0 Å². The first-order valence-corrected chi connectivity index (χ1v) is 4.87. The summed E-state index contributed by atoms with van der Waals surface area (Å²) < 4.78 is 0. The predicted octanol–water partition coefficient (Wildman–Crippen LogP) is 2.48. The van der Waals surface area contributed by atoms with Crippen LogP contribution >= 0.6 is 11.6 Å². The first-order chi connectivity index (χ1) is 7.09. The molecule has 76 valence electrons. The Balaban J connectivity index is 2.79. The molecule has 0 bridgehead atoms. The molecule has 0 saturated heterocycles. The number of aryl methyl sites for hydroxylation is 1. The molecule has 0 aliphatic heterocycles. The number of amidine groups is 1. The summed E-state index contributed by atoms with van der Waals surface area (Å²) in [5.41, 5.74) is 7.58. The fourth-order valence-corrected chi connectivity index (χ4v) is 1.61. The van der Waals surface area contributed by atoms with Crippen molar-refractivity contribution >= 4 is 28.3 Å². The zero-order valence-corrected chi connectivity index (χ0v) is 8.97. The third-order valence-corrected chi connectivity index (χ3v) is 2.73. The van der Waals surface area contributed by atoms with Crippen LogP contribution in [-0.4, -0.2) is 10.8 Å². The van der Waals surface area contributed by atoms with E-state index in [4.69, 9.17) is 22.7 Å². The second-order valence-electron chi connectivity index (χ2n) is 3.35. The van der Waals surface area contributed by atoms with E-state index in [9.17, 15) is 0 Å². The van der Waals surface area contributed by atoms with E-state index in [0.29, 0.717) is 10.7 Å². The van der Waals surface area contributed by atoms with Crippen molar-refractivity contribution in [2.24, 2.45) is 5.73 Å². The number of fused-ring (bicyclic) bond motifs is 1. The number of benzene rings is 1. The van der Waals surface area contributed by atoms with Gasteiger partial charge in [-0.1, -0.05) is 23.7 Å². The summed E-state index contributed by atoms with van der Waals surface area (Å²) in [6, 6.07) is 7.37. The minimum absolute atomic E-state index is 0.0312. The van der Waals surface area contributed by atoms with Gasteiger partial charge in [-0.25, -0.2) is 4.98 Å². The molecule has 2 rings (SSSR count). The Morgan fingerprint density at radius 2 is 2.00 bits per heavy atom. The molecule has 4 heteroatoms. The molecule has 3 N–H and O–H groups in total. The van der Waals surface area contributed by atoms with E-state index in [1.54, 1.807) is 6.07 Å². The maximum Gasteiger partial charge on any atom is 0.141 e. The molecule has 0 aliphatic carbocycles. The van der Waals surface area contributed by atoms with Crippen LogP contribution in [0.2, 0.25) is 5.02 Å². The van der Waals surface area contributed by atoms with Crippen LogP contribution in [-0.2, 0) is 0 Å². The second-order valence-corrected chi connectivity index (χ2v) is 3.76. The van der Waals surface area contributed by atoms with Gasteiger partial charge in [0.05, 0.1) is 5.52 Å². The van der Waals surface area contributed by atoms with E-state index in [1.165, 1.54) is 0 Å². The van der Waals surface area contributed by atoms with Gasteiger partial charge in [0.2, 0.25) is 0 Å². The molecule has 3 nitrogen and oxygen atoms in total. The lowest BCUT2D eigenvalue weighted by molar-refractivity contribution is 1.29. The Kier molecular flexibility index (Phi) is 2.32. The van der Waals surface area contributed by atoms with Gasteiger partial charge in [0.1, 0.15) is 11.5 Å². The SMILES string of the molecule is Cc1c(Cl)ccc2ccc(C(=N)N)nc12. The Labute approximate surface area is 92.4 Å². The number of pyridine rings is 1. The second kappa shape index (κ2) is 3.51. The molecule has 0 unspecified atom stereocenters. The smallest absolute Gasteiger partial charge is 0.141 e. The Bertz CT molecular complexity index is 549. The number of nitrogens with two attached hydrogens (primary N) is 1. The normalized spacial score (nSPS) is 10.5. The summed E-state index contributed by atoms with van der Waals surface area (Å²) in [7, 11) is 0. The Hall–Kier alpha value is -1.61. The van der Waals surface area contributed by atoms with Crippen molar-refractivity contribution in [1.29, 1.82) is 5.41 Å². The lowest BCUT2D eigenvalue weighted by Gasteiger charge is -2.05. The van der Waals surface area contributed by atoms with E-state index < -0.39 is 0 Å². The largest absolute Gasteiger partial charge is 0.382 e. The summed E-state index contributed by atoms with van der Waals surface area (Å²) in [4.78, 5) is 4.30. The molecule has 0 spiro atoms. The molecule has 1 aromatic carbocycles. The Morgan fingerprint density at radius 1 is 1.33 bits per heavy atom. The minimum atomic E-state index is -0.0312. The summed E-state index contributed by atoms with van der Waals surface area (Å²) in [5.74, 6) is -0.0312. The first-order valence-electron chi connectivity index (χ1n) is 4.50. The summed E-state index contributed by atoms with van der Waals surface area (Å²) in [5, 5.41) is 9.00. The molecule has 15 heavy (non-hydrogen) atoms. The number of aromatic nitrogens is 1. The van der Waals surface area contributed by atoms with Crippen molar-refractivity contribution < 1.29 is 0 Å². The van der Waals surface area contributed by atoms with E-state index >= 15 is 0 Å². The van der Waals surface area contributed by atoms with Crippen molar-refractivity contribution in [3.8, 4) is 0 Å².